The van der Waals surface area contributed by atoms with Crippen LogP contribution >= 0.6 is 0 Å². The van der Waals surface area contributed by atoms with Gasteiger partial charge in [-0.3, -0.25) is 9.35 Å². The van der Waals surface area contributed by atoms with Crippen molar-refractivity contribution in [1.82, 2.24) is 0 Å². The summed E-state index contributed by atoms with van der Waals surface area (Å²) in [6.07, 6.45) is 29.6. The molecule has 1 aliphatic rings. The van der Waals surface area contributed by atoms with Gasteiger partial charge in [0.25, 0.3) is 0 Å². The summed E-state index contributed by atoms with van der Waals surface area (Å²) in [7, 11) is -5.05. The second kappa shape index (κ2) is 36.9. The first kappa shape index (κ1) is 54.1. The number of rotatable bonds is 41. The normalized spacial score (nSPS) is 20.6. The Hall–Kier alpha value is -0.900. The Morgan fingerprint density at radius 3 is 1.40 bits per heavy atom. The lowest BCUT2D eigenvalue weighted by molar-refractivity contribution is -0.301. The fraction of sp³-hybridized carbons (Fsp3) is 0.977. The van der Waals surface area contributed by atoms with E-state index in [9.17, 15) is 28.5 Å². The summed E-state index contributed by atoms with van der Waals surface area (Å²) in [5, 5.41) is 30.4. The van der Waals surface area contributed by atoms with Crippen molar-refractivity contribution >= 4 is 16.4 Å². The Kier molecular flexibility index (Phi) is 35.0. The zero-order valence-electron chi connectivity index (χ0n) is 36.2. The van der Waals surface area contributed by atoms with Gasteiger partial charge in [-0.15, -0.1) is 0 Å². The molecule has 1 fully saturated rings. The zero-order chi connectivity index (χ0) is 41.8. The number of ether oxygens (including phenoxy) is 4. The van der Waals surface area contributed by atoms with Crippen LogP contribution in [0.25, 0.3) is 0 Å². The third kappa shape index (κ3) is 30.7. The molecule has 1 heterocycles. The number of carbonyl (C=O) groups is 1. The standard InChI is InChI=1S/C44H86O12S/c1-3-5-7-9-10-11-12-13-14-15-16-17-18-19-20-21-22-23-24-25-26-27-28-29-30-32-34-52-36-38(54-40(46)33-31-8-6-4-2)37-53-44-42(48)43(56-57(49,50)51)41(47)39(35-45)55-44/h38-39,41-45,47-48H,3-37H2,1-2H3,(H,49,50,51). The molecule has 0 spiro atoms. The average molecular weight is 839 g/mol. The summed E-state index contributed by atoms with van der Waals surface area (Å²) in [4.78, 5) is 12.5. The Bertz CT molecular complexity index is 1020. The SMILES string of the molecule is CCCCCCCCCCCCCCCCCCCCCCCCCCCCOCC(COC1OC(CO)C(O)C(OS(=O)(=O)O)C1O)OC(=O)CCCCCC. The lowest BCUT2D eigenvalue weighted by Gasteiger charge is -2.41. The van der Waals surface area contributed by atoms with Gasteiger partial charge >= 0.3 is 16.4 Å². The fourth-order valence-electron chi connectivity index (χ4n) is 7.44. The molecule has 0 bridgehead atoms. The van der Waals surface area contributed by atoms with E-state index in [0.717, 1.165) is 38.5 Å². The van der Waals surface area contributed by atoms with E-state index in [1.807, 2.05) is 0 Å². The predicted molar refractivity (Wildman–Crippen MR) is 225 cm³/mol. The number of carbonyl (C=O) groups excluding carboxylic acids is 1. The molecule has 0 radical (unpaired) electrons. The zero-order valence-corrected chi connectivity index (χ0v) is 37.0. The van der Waals surface area contributed by atoms with Crippen LogP contribution in [0.5, 0.6) is 0 Å². The van der Waals surface area contributed by atoms with Gasteiger partial charge in [-0.25, -0.2) is 4.18 Å². The maximum Gasteiger partial charge on any atom is 0.397 e. The topological polar surface area (TPSA) is 178 Å². The van der Waals surface area contributed by atoms with Crippen molar-refractivity contribution in [3.05, 3.63) is 0 Å². The van der Waals surface area contributed by atoms with E-state index in [2.05, 4.69) is 18.0 Å². The van der Waals surface area contributed by atoms with Crippen LogP contribution in [0.2, 0.25) is 0 Å². The molecule has 0 aliphatic carbocycles. The van der Waals surface area contributed by atoms with Gasteiger partial charge in [0.15, 0.2) is 6.29 Å². The number of hydrogen-bond donors (Lipinski definition) is 4. The summed E-state index contributed by atoms with van der Waals surface area (Å²) >= 11 is 0. The van der Waals surface area contributed by atoms with Gasteiger partial charge in [-0.1, -0.05) is 194 Å². The van der Waals surface area contributed by atoms with Crippen molar-refractivity contribution in [2.45, 2.75) is 250 Å². The Morgan fingerprint density at radius 1 is 0.596 bits per heavy atom. The second-order valence-electron chi connectivity index (χ2n) is 16.4. The van der Waals surface area contributed by atoms with Crippen LogP contribution < -0.4 is 0 Å². The molecule has 0 saturated carbocycles. The first-order chi connectivity index (χ1) is 27.6. The molecule has 12 nitrogen and oxygen atoms in total. The van der Waals surface area contributed by atoms with Crippen LogP contribution in [0.15, 0.2) is 0 Å². The predicted octanol–water partition coefficient (Wildman–Crippen LogP) is 9.69. The van der Waals surface area contributed by atoms with Gasteiger partial charge in [0.05, 0.1) is 19.8 Å². The van der Waals surface area contributed by atoms with E-state index in [-0.39, 0.29) is 19.6 Å². The molecule has 0 aromatic heterocycles. The van der Waals surface area contributed by atoms with Crippen molar-refractivity contribution in [2.75, 3.05) is 26.4 Å². The molecule has 0 amide bonds. The highest BCUT2D eigenvalue weighted by Gasteiger charge is 2.48. The van der Waals surface area contributed by atoms with Crippen molar-refractivity contribution in [3.63, 3.8) is 0 Å². The van der Waals surface area contributed by atoms with Crippen LogP contribution in [-0.4, -0.2) is 97.5 Å². The third-order valence-electron chi connectivity index (χ3n) is 11.0. The molecule has 1 rings (SSSR count). The minimum atomic E-state index is -5.05. The number of aliphatic hydroxyl groups excluding tert-OH is 3. The van der Waals surface area contributed by atoms with Crippen molar-refractivity contribution in [2.24, 2.45) is 0 Å². The van der Waals surface area contributed by atoms with Gasteiger partial charge in [0.2, 0.25) is 0 Å². The molecular formula is C44H86O12S. The molecule has 57 heavy (non-hydrogen) atoms. The van der Waals surface area contributed by atoms with Crippen LogP contribution in [-0.2, 0) is 38.3 Å². The lowest BCUT2D eigenvalue weighted by Crippen LogP contribution is -2.60. The maximum atomic E-state index is 12.5. The van der Waals surface area contributed by atoms with Gasteiger partial charge < -0.3 is 34.3 Å². The monoisotopic (exact) mass is 839 g/mol. The quantitative estimate of drug-likeness (QED) is 0.0261. The summed E-state index contributed by atoms with van der Waals surface area (Å²) < 4.78 is 58.6. The molecule has 0 aromatic carbocycles. The molecule has 0 aromatic rings. The van der Waals surface area contributed by atoms with E-state index in [1.54, 1.807) is 0 Å². The molecule has 1 aliphatic heterocycles. The van der Waals surface area contributed by atoms with Crippen LogP contribution in [0.4, 0.5) is 0 Å². The summed E-state index contributed by atoms with van der Waals surface area (Å²) in [5.74, 6) is -0.412. The summed E-state index contributed by atoms with van der Waals surface area (Å²) in [5.41, 5.74) is 0. The first-order valence-electron chi connectivity index (χ1n) is 23.3. The first-order valence-corrected chi connectivity index (χ1v) is 24.7. The Labute approximate surface area is 347 Å². The lowest BCUT2D eigenvalue weighted by atomic mass is 9.99. The average Bonchev–Trinajstić information content (AvgIpc) is 3.18. The maximum absolute atomic E-state index is 12.5. The van der Waals surface area contributed by atoms with Gasteiger partial charge in [-0.05, 0) is 12.8 Å². The highest BCUT2D eigenvalue weighted by Crippen LogP contribution is 2.26. The van der Waals surface area contributed by atoms with E-state index < -0.39 is 59.8 Å². The van der Waals surface area contributed by atoms with Crippen LogP contribution in [0.3, 0.4) is 0 Å². The largest absolute Gasteiger partial charge is 0.457 e. The van der Waals surface area contributed by atoms with E-state index in [4.69, 9.17) is 23.5 Å². The van der Waals surface area contributed by atoms with Crippen molar-refractivity contribution in [1.29, 1.82) is 0 Å². The molecule has 1 saturated heterocycles. The van der Waals surface area contributed by atoms with E-state index in [1.165, 1.54) is 148 Å². The van der Waals surface area contributed by atoms with Crippen molar-refractivity contribution in [3.8, 4) is 0 Å². The molecular weight excluding hydrogens is 753 g/mol. The Morgan fingerprint density at radius 2 is 1.00 bits per heavy atom. The number of aliphatic hydroxyl groups is 3. The summed E-state index contributed by atoms with van der Waals surface area (Å²) in [6.45, 7) is 3.88. The molecule has 4 N–H and O–H groups in total. The van der Waals surface area contributed by atoms with Crippen LogP contribution in [0.1, 0.15) is 213 Å². The van der Waals surface area contributed by atoms with Gasteiger partial charge in [-0.2, -0.15) is 8.42 Å². The van der Waals surface area contributed by atoms with Gasteiger partial charge in [0.1, 0.15) is 30.5 Å². The minimum Gasteiger partial charge on any atom is -0.457 e. The molecule has 340 valence electrons. The number of esters is 1. The highest BCUT2D eigenvalue weighted by atomic mass is 32.3. The minimum absolute atomic E-state index is 0.0416. The van der Waals surface area contributed by atoms with Crippen molar-refractivity contribution < 1.29 is 56.2 Å². The fourth-order valence-corrected chi connectivity index (χ4v) is 7.95. The summed E-state index contributed by atoms with van der Waals surface area (Å²) in [6, 6.07) is 0. The molecule has 6 atom stereocenters. The molecule has 6 unspecified atom stereocenters. The Balaban J connectivity index is 2.13. The number of unbranched alkanes of at least 4 members (excludes halogenated alkanes) is 28. The second-order valence-corrected chi connectivity index (χ2v) is 17.4. The smallest absolute Gasteiger partial charge is 0.397 e. The highest BCUT2D eigenvalue weighted by molar-refractivity contribution is 7.80. The number of hydrogen-bond acceptors (Lipinski definition) is 11. The molecule has 13 heteroatoms. The van der Waals surface area contributed by atoms with E-state index in [0.29, 0.717) is 13.0 Å². The van der Waals surface area contributed by atoms with Crippen LogP contribution in [0, 0.1) is 0 Å². The van der Waals surface area contributed by atoms with E-state index >= 15 is 0 Å². The van der Waals surface area contributed by atoms with Gasteiger partial charge in [0, 0.05) is 13.0 Å². The third-order valence-corrected chi connectivity index (χ3v) is 11.4.